The molecule has 0 atom stereocenters. The second-order valence-electron chi connectivity index (χ2n) is 9.70. The van der Waals surface area contributed by atoms with Gasteiger partial charge in [0.2, 0.25) is 0 Å². The molecular formula is C30H50N4. The molecule has 2 rings (SSSR count). The third-order valence-electron chi connectivity index (χ3n) is 6.45. The van der Waals surface area contributed by atoms with Gasteiger partial charge in [0.15, 0.2) is 0 Å². The molecule has 34 heavy (non-hydrogen) atoms. The Morgan fingerprint density at radius 1 is 0.529 bits per heavy atom. The van der Waals surface area contributed by atoms with Gasteiger partial charge in [-0.25, -0.2) is 0 Å². The number of pyridine rings is 2. The predicted octanol–water partition coefficient (Wildman–Crippen LogP) is 7.03. The van der Waals surface area contributed by atoms with Crippen molar-refractivity contribution in [2.75, 3.05) is 39.3 Å². The number of aromatic nitrogens is 2. The Hall–Kier alpha value is -1.78. The Balaban J connectivity index is 1.83. The first kappa shape index (κ1) is 28.5. The standard InChI is InChI=1S/C30H50N4/c1-5-19-33(20-6-2)23-11-9-13-27-15-17-31-29(25-27)30-26-28(16-18-32-30)14-10-12-24-34(21-7-3)22-8-4/h15-18,25-26H,5-14,19-24H2,1-4H3. The first-order valence-corrected chi connectivity index (χ1v) is 14.0. The van der Waals surface area contributed by atoms with Crippen molar-refractivity contribution >= 4 is 0 Å². The number of nitrogens with zero attached hydrogens (tertiary/aromatic N) is 4. The van der Waals surface area contributed by atoms with E-state index >= 15 is 0 Å². The summed E-state index contributed by atoms with van der Waals surface area (Å²) in [5, 5.41) is 0. The van der Waals surface area contributed by atoms with Crippen LogP contribution >= 0.6 is 0 Å². The molecule has 2 aromatic heterocycles. The fourth-order valence-corrected chi connectivity index (χ4v) is 4.80. The number of rotatable bonds is 19. The lowest BCUT2D eigenvalue weighted by Crippen LogP contribution is -2.26. The fraction of sp³-hybridized carbons (Fsp3) is 0.667. The molecule has 2 heterocycles. The van der Waals surface area contributed by atoms with Crippen molar-refractivity contribution in [3.05, 3.63) is 47.8 Å². The van der Waals surface area contributed by atoms with E-state index in [-0.39, 0.29) is 0 Å². The third-order valence-corrected chi connectivity index (χ3v) is 6.45. The van der Waals surface area contributed by atoms with Gasteiger partial charge in [-0.15, -0.1) is 0 Å². The predicted molar refractivity (Wildman–Crippen MR) is 147 cm³/mol. The van der Waals surface area contributed by atoms with Crippen LogP contribution in [0.5, 0.6) is 0 Å². The normalized spacial score (nSPS) is 11.6. The minimum Gasteiger partial charge on any atom is -0.303 e. The van der Waals surface area contributed by atoms with Gasteiger partial charge in [-0.1, -0.05) is 27.7 Å². The van der Waals surface area contributed by atoms with E-state index in [1.54, 1.807) is 0 Å². The van der Waals surface area contributed by atoms with Crippen LogP contribution in [0.4, 0.5) is 0 Å². The second kappa shape index (κ2) is 17.6. The number of aryl methyl sites for hydroxylation is 2. The van der Waals surface area contributed by atoms with Crippen molar-refractivity contribution in [1.82, 2.24) is 19.8 Å². The maximum atomic E-state index is 4.64. The van der Waals surface area contributed by atoms with Crippen molar-refractivity contribution in [3.8, 4) is 11.4 Å². The largest absolute Gasteiger partial charge is 0.303 e. The first-order chi connectivity index (χ1) is 16.7. The molecule has 0 aliphatic carbocycles. The summed E-state index contributed by atoms with van der Waals surface area (Å²) >= 11 is 0. The maximum Gasteiger partial charge on any atom is 0.0888 e. The zero-order chi connectivity index (χ0) is 24.4. The van der Waals surface area contributed by atoms with Crippen molar-refractivity contribution in [2.45, 2.75) is 91.9 Å². The molecule has 0 aromatic carbocycles. The van der Waals surface area contributed by atoms with Gasteiger partial charge in [-0.2, -0.15) is 0 Å². The highest BCUT2D eigenvalue weighted by Gasteiger charge is 2.07. The summed E-state index contributed by atoms with van der Waals surface area (Å²) < 4.78 is 0. The van der Waals surface area contributed by atoms with E-state index < -0.39 is 0 Å². The highest BCUT2D eigenvalue weighted by atomic mass is 15.1. The minimum absolute atomic E-state index is 1.01. The van der Waals surface area contributed by atoms with Crippen LogP contribution in [0.15, 0.2) is 36.7 Å². The van der Waals surface area contributed by atoms with E-state index in [1.807, 2.05) is 12.4 Å². The zero-order valence-corrected chi connectivity index (χ0v) is 22.6. The van der Waals surface area contributed by atoms with Gasteiger partial charge in [-0.05, 0) is 139 Å². The molecule has 0 saturated carbocycles. The summed E-state index contributed by atoms with van der Waals surface area (Å²) in [6.45, 7) is 16.5. The quantitative estimate of drug-likeness (QED) is 0.208. The van der Waals surface area contributed by atoms with E-state index in [9.17, 15) is 0 Å². The molecule has 4 nitrogen and oxygen atoms in total. The Morgan fingerprint density at radius 3 is 1.26 bits per heavy atom. The van der Waals surface area contributed by atoms with Crippen LogP contribution in [0, 0.1) is 0 Å². The van der Waals surface area contributed by atoms with Gasteiger partial charge < -0.3 is 9.80 Å². The van der Waals surface area contributed by atoms with Crippen LogP contribution < -0.4 is 0 Å². The molecule has 0 aliphatic rings. The third kappa shape index (κ3) is 11.1. The fourth-order valence-electron chi connectivity index (χ4n) is 4.80. The Kier molecular flexibility index (Phi) is 14.8. The van der Waals surface area contributed by atoms with Crippen LogP contribution in [0.2, 0.25) is 0 Å². The number of hydrogen-bond acceptors (Lipinski definition) is 4. The molecule has 190 valence electrons. The number of hydrogen-bond donors (Lipinski definition) is 0. The molecule has 0 unspecified atom stereocenters. The van der Waals surface area contributed by atoms with E-state index in [4.69, 9.17) is 0 Å². The Morgan fingerprint density at radius 2 is 0.912 bits per heavy atom. The molecule has 0 fully saturated rings. The molecule has 0 radical (unpaired) electrons. The molecule has 4 heteroatoms. The van der Waals surface area contributed by atoms with Crippen molar-refractivity contribution in [2.24, 2.45) is 0 Å². The summed E-state index contributed by atoms with van der Waals surface area (Å²) in [7, 11) is 0. The van der Waals surface area contributed by atoms with E-state index in [1.165, 1.54) is 102 Å². The lowest BCUT2D eigenvalue weighted by Gasteiger charge is -2.20. The summed E-state index contributed by atoms with van der Waals surface area (Å²) in [5.41, 5.74) is 4.77. The lowest BCUT2D eigenvalue weighted by atomic mass is 10.0. The summed E-state index contributed by atoms with van der Waals surface area (Å²) in [5.74, 6) is 0. The lowest BCUT2D eigenvalue weighted by molar-refractivity contribution is 0.269. The molecule has 0 spiro atoms. The molecule has 2 aromatic rings. The highest BCUT2D eigenvalue weighted by molar-refractivity contribution is 5.55. The molecule has 0 amide bonds. The van der Waals surface area contributed by atoms with Crippen molar-refractivity contribution in [1.29, 1.82) is 0 Å². The molecule has 0 N–H and O–H groups in total. The minimum atomic E-state index is 1.01. The van der Waals surface area contributed by atoms with E-state index in [0.717, 1.165) is 24.2 Å². The zero-order valence-electron chi connectivity index (χ0n) is 22.6. The average molecular weight is 467 g/mol. The molecule has 0 aliphatic heterocycles. The Bertz CT molecular complexity index is 698. The first-order valence-electron chi connectivity index (χ1n) is 14.0. The van der Waals surface area contributed by atoms with E-state index in [0.29, 0.717) is 0 Å². The average Bonchev–Trinajstić information content (AvgIpc) is 2.85. The van der Waals surface area contributed by atoms with Crippen molar-refractivity contribution < 1.29 is 0 Å². The second-order valence-corrected chi connectivity index (χ2v) is 9.70. The maximum absolute atomic E-state index is 4.64. The summed E-state index contributed by atoms with van der Waals surface area (Å²) in [4.78, 5) is 14.5. The van der Waals surface area contributed by atoms with Crippen LogP contribution in [-0.4, -0.2) is 59.0 Å². The van der Waals surface area contributed by atoms with Crippen LogP contribution in [0.25, 0.3) is 11.4 Å². The number of unbranched alkanes of at least 4 members (excludes halogenated alkanes) is 2. The summed E-state index contributed by atoms with van der Waals surface area (Å²) in [6.07, 6.45) is 16.1. The van der Waals surface area contributed by atoms with E-state index in [2.05, 4.69) is 71.7 Å². The van der Waals surface area contributed by atoms with Gasteiger partial charge in [0.25, 0.3) is 0 Å². The van der Waals surface area contributed by atoms with Crippen molar-refractivity contribution in [3.63, 3.8) is 0 Å². The Labute approximate surface area is 210 Å². The highest BCUT2D eigenvalue weighted by Crippen LogP contribution is 2.19. The van der Waals surface area contributed by atoms with Crippen LogP contribution in [0.3, 0.4) is 0 Å². The van der Waals surface area contributed by atoms with Gasteiger partial charge in [0.1, 0.15) is 0 Å². The molecule has 0 saturated heterocycles. The van der Waals surface area contributed by atoms with Crippen LogP contribution in [-0.2, 0) is 12.8 Å². The van der Waals surface area contributed by atoms with Crippen LogP contribution in [0.1, 0.15) is 90.2 Å². The van der Waals surface area contributed by atoms with Gasteiger partial charge >= 0.3 is 0 Å². The topological polar surface area (TPSA) is 32.3 Å². The monoisotopic (exact) mass is 466 g/mol. The van der Waals surface area contributed by atoms with Gasteiger partial charge in [0.05, 0.1) is 11.4 Å². The van der Waals surface area contributed by atoms with Gasteiger partial charge in [0, 0.05) is 12.4 Å². The SMILES string of the molecule is CCCN(CCC)CCCCc1ccnc(-c2cc(CCCCN(CCC)CCC)ccn2)c1. The smallest absolute Gasteiger partial charge is 0.0888 e. The molecule has 0 bridgehead atoms. The molecular weight excluding hydrogens is 416 g/mol. The van der Waals surface area contributed by atoms with Gasteiger partial charge in [-0.3, -0.25) is 9.97 Å². The summed E-state index contributed by atoms with van der Waals surface area (Å²) in [6, 6.07) is 8.83.